The molecule has 0 aliphatic rings. The van der Waals surface area contributed by atoms with E-state index in [0.29, 0.717) is 0 Å². The molecule has 3 N–H and O–H groups in total. The van der Waals surface area contributed by atoms with Crippen LogP contribution in [0.2, 0.25) is 0 Å². The Morgan fingerprint density at radius 2 is 0.391 bits per heavy atom. The quantitative estimate of drug-likeness (QED) is 0.0647. The lowest BCUT2D eigenvalue weighted by Gasteiger charge is -2.35. The number of benzene rings is 20. The third kappa shape index (κ3) is 16.8. The smallest absolute Gasteiger partial charge is 0.179 e. The largest absolute Gasteiger partial charge is 0.456 e. The number of para-hydroxylation sites is 2. The molecule has 0 saturated carbocycles. The van der Waals surface area contributed by atoms with E-state index in [2.05, 4.69) is 511 Å². The van der Waals surface area contributed by atoms with Crippen LogP contribution in [-0.2, 0) is 0 Å². The van der Waals surface area contributed by atoms with E-state index in [1.165, 1.54) is 97.0 Å². The molecular formula is C120H91BrN2O3Si2. The summed E-state index contributed by atoms with van der Waals surface area (Å²) in [6.07, 6.45) is 0. The van der Waals surface area contributed by atoms with Gasteiger partial charge in [-0.1, -0.05) is 428 Å². The summed E-state index contributed by atoms with van der Waals surface area (Å²) in [5, 5.41) is 19.2. The first-order chi connectivity index (χ1) is 62.8. The summed E-state index contributed by atoms with van der Waals surface area (Å²) >= 11 is 3.48. The van der Waals surface area contributed by atoms with Gasteiger partial charge in [-0.05, 0) is 217 Å². The summed E-state index contributed by atoms with van der Waals surface area (Å²) in [6.45, 7) is 0. The van der Waals surface area contributed by atoms with Crippen molar-refractivity contribution in [2.45, 2.75) is 0 Å². The summed E-state index contributed by atoms with van der Waals surface area (Å²) in [5.74, 6) is 0. The van der Waals surface area contributed by atoms with Crippen molar-refractivity contribution in [3.05, 3.63) is 526 Å². The van der Waals surface area contributed by atoms with Crippen LogP contribution >= 0.6 is 15.9 Å². The van der Waals surface area contributed by atoms with E-state index in [4.69, 9.17) is 8.83 Å². The zero-order chi connectivity index (χ0) is 85.1. The van der Waals surface area contributed by atoms with E-state index < -0.39 is 16.1 Å². The van der Waals surface area contributed by atoms with Crippen molar-refractivity contribution in [1.29, 1.82) is 0 Å². The van der Waals surface area contributed by atoms with Gasteiger partial charge in [0.15, 0.2) is 16.1 Å². The van der Waals surface area contributed by atoms with E-state index in [-0.39, 0.29) is 6.90 Å². The van der Waals surface area contributed by atoms with Gasteiger partial charge in [0.2, 0.25) is 0 Å². The maximum absolute atomic E-state index is 6.20. The number of furan rings is 2. The highest BCUT2D eigenvalue weighted by Crippen LogP contribution is 2.40. The zero-order valence-electron chi connectivity index (χ0n) is 70.3. The lowest BCUT2D eigenvalue weighted by Crippen LogP contribution is -2.74. The molecule has 8 heteroatoms. The number of anilines is 5. The van der Waals surface area contributed by atoms with E-state index in [9.17, 15) is 0 Å². The maximum Gasteiger partial charge on any atom is 0.179 e. The van der Waals surface area contributed by atoms with Gasteiger partial charge < -0.3 is 24.5 Å². The fraction of sp³-hybridized carbons (Fsp3) is 0. The highest BCUT2D eigenvalue weighted by atomic mass is 79.9. The number of nitrogens with zero attached hydrogens (tertiary/aromatic N) is 1. The minimum absolute atomic E-state index is 0. The van der Waals surface area contributed by atoms with Crippen LogP contribution in [-0.4, -0.2) is 21.6 Å². The van der Waals surface area contributed by atoms with Gasteiger partial charge in [-0.3, -0.25) is 0 Å². The summed E-state index contributed by atoms with van der Waals surface area (Å²) < 4.78 is 13.3. The first kappa shape index (κ1) is 82.1. The Labute approximate surface area is 759 Å². The maximum atomic E-state index is 6.20. The number of halogens is 1. The third-order valence-corrected chi connectivity index (χ3v) is 34.6. The molecule has 0 atom stereocenters. The number of hydrogen-bond acceptors (Lipinski definition) is 4. The molecular weight excluding hydrogens is 1650 g/mol. The molecule has 0 radical (unpaired) electrons. The molecule has 20 aromatic carbocycles. The van der Waals surface area contributed by atoms with Crippen molar-refractivity contribution in [3.8, 4) is 66.8 Å². The van der Waals surface area contributed by atoms with E-state index in [0.717, 1.165) is 88.1 Å². The van der Waals surface area contributed by atoms with Gasteiger partial charge in [0.25, 0.3) is 0 Å². The fourth-order valence-corrected chi connectivity index (χ4v) is 27.9. The lowest BCUT2D eigenvalue weighted by molar-refractivity contribution is 0.668. The SMILES string of the molecule is Brc1ccc(-c2ccc(-c3ccc4c(c3)oc3ccccc34)cc2)cc1.O.[HH].c1ccc(-c2ccc(N(c3ccc(-c4ccc(-c5ccc6c(c5)oc5ccccc56)cc4)cc3)c3ccc([Si](c4ccccc4)(c4ccccc4)c4ccccc4)cc3)cc2)cc1.c1ccc(-c2ccc(Nc3ccc([Si](c4ccccc4)(c4ccccc4)c4ccccc4)cc3)cc2)cc1. The van der Waals surface area contributed by atoms with Crippen molar-refractivity contribution in [1.82, 2.24) is 0 Å². The Kier molecular flexibility index (Phi) is 24.1. The first-order valence-corrected chi connectivity index (χ1v) is 48.0. The normalized spacial score (nSPS) is 11.3. The van der Waals surface area contributed by atoms with Gasteiger partial charge in [-0.2, -0.15) is 0 Å². The van der Waals surface area contributed by atoms with Crippen LogP contribution in [0.25, 0.3) is 111 Å². The van der Waals surface area contributed by atoms with Crippen molar-refractivity contribution in [2.24, 2.45) is 0 Å². The number of fused-ring (bicyclic) bond motifs is 6. The second-order valence-corrected chi connectivity index (χ2v) is 40.5. The molecule has 2 aromatic heterocycles. The molecule has 0 unspecified atom stereocenters. The molecule has 0 amide bonds. The summed E-state index contributed by atoms with van der Waals surface area (Å²) in [4.78, 5) is 2.37. The van der Waals surface area contributed by atoms with Crippen molar-refractivity contribution >= 4 is 146 Å². The molecule has 0 bridgehead atoms. The van der Waals surface area contributed by atoms with Gasteiger partial charge in [0.1, 0.15) is 22.3 Å². The second-order valence-electron chi connectivity index (χ2n) is 32.0. The van der Waals surface area contributed by atoms with Crippen LogP contribution in [0.3, 0.4) is 0 Å². The lowest BCUT2D eigenvalue weighted by atomic mass is 9.99. The van der Waals surface area contributed by atoms with Crippen LogP contribution < -0.4 is 51.7 Å². The third-order valence-electron chi connectivity index (χ3n) is 24.5. The molecule has 0 spiro atoms. The monoisotopic (exact) mass is 1740 g/mol. The van der Waals surface area contributed by atoms with Gasteiger partial charge in [0.05, 0.1) is 0 Å². The van der Waals surface area contributed by atoms with Gasteiger partial charge in [0, 0.05) is 55.9 Å². The molecule has 0 fully saturated rings. The Morgan fingerprint density at radius 3 is 0.703 bits per heavy atom. The minimum atomic E-state index is -2.67. The molecule has 0 aliphatic carbocycles. The van der Waals surface area contributed by atoms with Crippen LogP contribution in [0.1, 0.15) is 1.43 Å². The van der Waals surface area contributed by atoms with Crippen LogP contribution in [0.5, 0.6) is 0 Å². The highest BCUT2D eigenvalue weighted by molar-refractivity contribution is 9.10. The fourth-order valence-electron chi connectivity index (χ4n) is 18.2. The van der Waals surface area contributed by atoms with Gasteiger partial charge in [-0.25, -0.2) is 0 Å². The molecule has 0 aliphatic heterocycles. The van der Waals surface area contributed by atoms with Crippen LogP contribution in [0, 0.1) is 0 Å². The van der Waals surface area contributed by atoms with E-state index in [1.54, 1.807) is 0 Å². The second kappa shape index (κ2) is 37.5. The number of nitrogens with one attached hydrogen (secondary N) is 1. The Morgan fingerprint density at radius 1 is 0.188 bits per heavy atom. The average molecular weight is 1750 g/mol. The molecule has 22 aromatic rings. The number of hydrogen-bond donors (Lipinski definition) is 1. The summed E-state index contributed by atoms with van der Waals surface area (Å²) in [5.41, 5.74) is 23.4. The molecule has 22 rings (SSSR count). The Balaban J connectivity index is 0.000000144. The highest BCUT2D eigenvalue weighted by Gasteiger charge is 2.43. The zero-order valence-corrected chi connectivity index (χ0v) is 73.9. The van der Waals surface area contributed by atoms with Crippen molar-refractivity contribution in [2.75, 3.05) is 10.2 Å². The predicted octanol–water partition coefficient (Wildman–Crippen LogP) is 27.0. The van der Waals surface area contributed by atoms with E-state index in [1.807, 2.05) is 36.4 Å². The van der Waals surface area contributed by atoms with Gasteiger partial charge in [-0.15, -0.1) is 0 Å². The molecule has 5 nitrogen and oxygen atoms in total. The average Bonchev–Trinajstić information content (AvgIpc) is 1.41. The summed E-state index contributed by atoms with van der Waals surface area (Å²) in [7, 11) is -5.16. The van der Waals surface area contributed by atoms with Crippen molar-refractivity contribution in [3.63, 3.8) is 0 Å². The topological polar surface area (TPSA) is 73.0 Å². The van der Waals surface area contributed by atoms with Crippen LogP contribution in [0.15, 0.2) is 535 Å². The summed E-state index contributed by atoms with van der Waals surface area (Å²) in [6, 6.07) is 188. The van der Waals surface area contributed by atoms with E-state index >= 15 is 0 Å². The molecule has 128 heavy (non-hydrogen) atoms. The Hall–Kier alpha value is -15.5. The van der Waals surface area contributed by atoms with Crippen molar-refractivity contribution < 1.29 is 15.7 Å². The standard InChI is InChI=1S/C60H43NOSi.C36H29NSi.C24H15BrO.H2O.H2/c1-5-15-44(16-6-1)46-29-34-50(35-30-46)61(52-38-40-56(41-39-52)63(53-17-7-2-8-18-53,54-19-9-3-10-20-54)55-21-11-4-12-22-55)51-36-31-47(32-37-51)45-25-27-48(28-26-45)49-33-42-58-57-23-13-14-24-59(57)62-60(58)43-49;1-5-13-29(14-6-1)30-21-23-31(24-22-30)37-32-25-27-36(28-26-32)38(33-15-7-2-8-16-33,34-17-9-3-10-18-34)35-19-11-4-12-20-35;25-20-12-9-17(10-13-20)16-5-7-18(8-6-16)19-11-14-22-21-3-1-2-4-23(21)26-24(22)15-19;;/h1-43H;1-28,37H;1-15H;1H2;1H. The first-order valence-electron chi connectivity index (χ1n) is 43.2. The minimum Gasteiger partial charge on any atom is -0.456 e. The molecule has 0 saturated heterocycles. The van der Waals surface area contributed by atoms with Crippen LogP contribution in [0.4, 0.5) is 28.4 Å². The molecule has 614 valence electrons. The predicted molar refractivity (Wildman–Crippen MR) is 552 cm³/mol. The van der Waals surface area contributed by atoms with Gasteiger partial charge >= 0.3 is 0 Å². The molecule has 2 heterocycles. The Bertz CT molecular complexity index is 7240. The number of rotatable bonds is 19.